The summed E-state index contributed by atoms with van der Waals surface area (Å²) in [6, 6.07) is 9.43. The number of phenols is 1. The van der Waals surface area contributed by atoms with E-state index in [0.29, 0.717) is 11.6 Å². The molecule has 0 amide bonds. The second-order valence-electron chi connectivity index (χ2n) is 6.10. The minimum absolute atomic E-state index is 0.0192. The van der Waals surface area contributed by atoms with Crippen LogP contribution in [0.4, 0.5) is 5.82 Å². The molecule has 1 aromatic carbocycles. The van der Waals surface area contributed by atoms with Gasteiger partial charge in [0.15, 0.2) is 0 Å². The Morgan fingerprint density at radius 2 is 2.04 bits per heavy atom. The summed E-state index contributed by atoms with van der Waals surface area (Å²) < 4.78 is 0. The molecular formula is C18H21N5O. The summed E-state index contributed by atoms with van der Waals surface area (Å²) in [5.74, 6) is 0.439. The minimum Gasteiger partial charge on any atom is -0.508 e. The molecule has 124 valence electrons. The molecule has 0 radical (unpaired) electrons. The molecule has 0 spiro atoms. The minimum atomic E-state index is 0.0192. The highest BCUT2D eigenvalue weighted by Gasteiger charge is 2.29. The van der Waals surface area contributed by atoms with E-state index in [1.807, 2.05) is 6.92 Å². The van der Waals surface area contributed by atoms with Crippen LogP contribution in [0.1, 0.15) is 42.5 Å². The van der Waals surface area contributed by atoms with E-state index in [0.717, 1.165) is 35.2 Å². The average Bonchev–Trinajstić information content (AvgIpc) is 3.05. The number of hydrogen-bond acceptors (Lipinski definition) is 6. The van der Waals surface area contributed by atoms with Crippen LogP contribution >= 0.6 is 0 Å². The van der Waals surface area contributed by atoms with Crippen molar-refractivity contribution in [3.8, 4) is 23.1 Å². The number of nitriles is 1. The molecule has 1 aliphatic heterocycles. The lowest BCUT2D eigenvalue weighted by molar-refractivity contribution is 0.475. The lowest BCUT2D eigenvalue weighted by atomic mass is 9.90. The second kappa shape index (κ2) is 6.48. The van der Waals surface area contributed by atoms with Gasteiger partial charge in [0.25, 0.3) is 0 Å². The average molecular weight is 323 g/mol. The number of nitrogens with one attached hydrogen (secondary N) is 2. The number of aromatic nitrogens is 1. The van der Waals surface area contributed by atoms with E-state index in [1.165, 1.54) is 0 Å². The zero-order valence-corrected chi connectivity index (χ0v) is 13.8. The number of hydrogen-bond donors (Lipinski definition) is 4. The molecule has 0 bridgehead atoms. The molecule has 2 atom stereocenters. The van der Waals surface area contributed by atoms with Gasteiger partial charge in [0.05, 0.1) is 11.3 Å². The van der Waals surface area contributed by atoms with Gasteiger partial charge in [0.1, 0.15) is 17.6 Å². The summed E-state index contributed by atoms with van der Waals surface area (Å²) in [6.45, 7) is 4.09. The van der Waals surface area contributed by atoms with Crippen molar-refractivity contribution in [1.82, 2.24) is 15.8 Å². The number of phenolic OH excluding ortho intramolecular Hbond substituents is 1. The van der Waals surface area contributed by atoms with E-state index in [-0.39, 0.29) is 17.6 Å². The van der Waals surface area contributed by atoms with Gasteiger partial charge in [0, 0.05) is 17.6 Å². The molecule has 6 nitrogen and oxygen atoms in total. The molecule has 2 aromatic rings. The Morgan fingerprint density at radius 1 is 1.33 bits per heavy atom. The highest BCUT2D eigenvalue weighted by Crippen LogP contribution is 2.36. The van der Waals surface area contributed by atoms with Crippen molar-refractivity contribution in [2.75, 3.05) is 5.73 Å². The van der Waals surface area contributed by atoms with Crippen LogP contribution in [-0.2, 0) is 0 Å². The van der Waals surface area contributed by atoms with Crippen molar-refractivity contribution < 1.29 is 5.11 Å². The normalized spacial score (nSPS) is 20.0. The van der Waals surface area contributed by atoms with E-state index in [4.69, 9.17) is 5.73 Å². The molecule has 0 saturated carbocycles. The van der Waals surface area contributed by atoms with Gasteiger partial charge in [-0.1, -0.05) is 6.92 Å². The Hall–Kier alpha value is -2.62. The predicted octanol–water partition coefficient (Wildman–Crippen LogP) is 2.53. The van der Waals surface area contributed by atoms with Gasteiger partial charge in [-0.15, -0.1) is 0 Å². The molecule has 1 aliphatic rings. The third kappa shape index (κ3) is 2.80. The van der Waals surface area contributed by atoms with Crippen molar-refractivity contribution in [1.29, 1.82) is 5.26 Å². The molecule has 24 heavy (non-hydrogen) atoms. The largest absolute Gasteiger partial charge is 0.508 e. The smallest absolute Gasteiger partial charge is 0.142 e. The number of hydrazine groups is 1. The summed E-state index contributed by atoms with van der Waals surface area (Å²) in [6.07, 6.45) is 1.90. The topological polar surface area (TPSA) is 107 Å². The second-order valence-corrected chi connectivity index (χ2v) is 6.10. The first kappa shape index (κ1) is 16.2. The molecule has 3 rings (SSSR count). The maximum atomic E-state index is 9.55. The monoisotopic (exact) mass is 323 g/mol. The van der Waals surface area contributed by atoms with Crippen LogP contribution in [0.5, 0.6) is 5.75 Å². The highest BCUT2D eigenvalue weighted by molar-refractivity contribution is 5.71. The van der Waals surface area contributed by atoms with Crippen LogP contribution in [0.2, 0.25) is 0 Å². The number of benzene rings is 1. The maximum absolute atomic E-state index is 9.55. The first-order valence-corrected chi connectivity index (χ1v) is 8.05. The van der Waals surface area contributed by atoms with Gasteiger partial charge >= 0.3 is 0 Å². The fraction of sp³-hybridized carbons (Fsp3) is 0.333. The van der Waals surface area contributed by atoms with Crippen LogP contribution in [0.15, 0.2) is 24.3 Å². The quantitative estimate of drug-likeness (QED) is 0.691. The third-order valence-electron chi connectivity index (χ3n) is 4.59. The summed E-state index contributed by atoms with van der Waals surface area (Å²) in [4.78, 5) is 4.44. The first-order valence-electron chi connectivity index (χ1n) is 8.05. The van der Waals surface area contributed by atoms with Crippen LogP contribution in [0, 0.1) is 18.3 Å². The fourth-order valence-electron chi connectivity index (χ4n) is 3.25. The highest BCUT2D eigenvalue weighted by atomic mass is 16.3. The molecule has 1 aromatic heterocycles. The van der Waals surface area contributed by atoms with Crippen molar-refractivity contribution in [2.45, 2.75) is 38.8 Å². The molecular weight excluding hydrogens is 302 g/mol. The Bertz CT molecular complexity index is 795. The molecule has 2 heterocycles. The zero-order valence-electron chi connectivity index (χ0n) is 13.8. The molecule has 2 unspecified atom stereocenters. The van der Waals surface area contributed by atoms with Gasteiger partial charge in [-0.3, -0.25) is 5.43 Å². The molecule has 6 heteroatoms. The van der Waals surface area contributed by atoms with Crippen LogP contribution in [0.3, 0.4) is 0 Å². The van der Waals surface area contributed by atoms with Crippen molar-refractivity contribution in [2.24, 2.45) is 0 Å². The van der Waals surface area contributed by atoms with E-state index < -0.39 is 0 Å². The summed E-state index contributed by atoms with van der Waals surface area (Å²) in [5, 5.41) is 19.0. The predicted molar refractivity (Wildman–Crippen MR) is 92.9 cm³/mol. The number of aromatic hydroxyl groups is 1. The van der Waals surface area contributed by atoms with Crippen molar-refractivity contribution in [3.63, 3.8) is 0 Å². The number of pyridine rings is 1. The van der Waals surface area contributed by atoms with Crippen molar-refractivity contribution in [3.05, 3.63) is 41.0 Å². The standard InChI is InChI=1S/C18H21N5O/c1-3-12-8-15(23-22-12)16-10(2)17(21-18(20)14(16)9-19)11-4-6-13(24)7-5-11/h4-7,12,15,22-24H,3,8H2,1-2H3,(H2,20,21). The number of rotatable bonds is 3. The Kier molecular flexibility index (Phi) is 4.38. The summed E-state index contributed by atoms with van der Waals surface area (Å²) >= 11 is 0. The van der Waals surface area contributed by atoms with E-state index >= 15 is 0 Å². The lowest BCUT2D eigenvalue weighted by Gasteiger charge is -2.19. The number of nitrogen functional groups attached to an aromatic ring is 1. The molecule has 5 N–H and O–H groups in total. The third-order valence-corrected chi connectivity index (χ3v) is 4.59. The first-order chi connectivity index (χ1) is 11.5. The maximum Gasteiger partial charge on any atom is 0.142 e. The van der Waals surface area contributed by atoms with Gasteiger partial charge in [-0.25, -0.2) is 10.4 Å². The lowest BCUT2D eigenvalue weighted by Crippen LogP contribution is -2.30. The Morgan fingerprint density at radius 3 is 2.62 bits per heavy atom. The number of anilines is 1. The summed E-state index contributed by atoms with van der Waals surface area (Å²) in [7, 11) is 0. The van der Waals surface area contributed by atoms with E-state index in [2.05, 4.69) is 28.8 Å². The van der Waals surface area contributed by atoms with Crippen LogP contribution < -0.4 is 16.6 Å². The molecule has 0 aliphatic carbocycles. The van der Waals surface area contributed by atoms with E-state index in [9.17, 15) is 10.4 Å². The van der Waals surface area contributed by atoms with Crippen LogP contribution in [-0.4, -0.2) is 16.1 Å². The number of nitrogens with zero attached hydrogens (tertiary/aromatic N) is 2. The zero-order chi connectivity index (χ0) is 17.3. The Balaban J connectivity index is 2.13. The van der Waals surface area contributed by atoms with Crippen LogP contribution in [0.25, 0.3) is 11.3 Å². The fourth-order valence-corrected chi connectivity index (χ4v) is 3.25. The van der Waals surface area contributed by atoms with Crippen molar-refractivity contribution >= 4 is 5.82 Å². The Labute approximate surface area is 141 Å². The molecule has 1 fully saturated rings. The number of nitrogens with two attached hydrogens (primary N) is 1. The molecule has 1 saturated heterocycles. The van der Waals surface area contributed by atoms with Gasteiger partial charge in [0.2, 0.25) is 0 Å². The summed E-state index contributed by atoms with van der Waals surface area (Å²) in [5.41, 5.74) is 16.5. The SMILES string of the molecule is CCC1CC(c2c(C)c(-c3ccc(O)cc3)nc(N)c2C#N)NN1. The van der Waals surface area contributed by atoms with Gasteiger partial charge in [-0.05, 0) is 55.2 Å². The van der Waals surface area contributed by atoms with E-state index in [1.54, 1.807) is 24.3 Å². The van der Waals surface area contributed by atoms with Gasteiger partial charge in [-0.2, -0.15) is 5.26 Å². The van der Waals surface area contributed by atoms with Gasteiger partial charge < -0.3 is 10.8 Å².